The lowest BCUT2D eigenvalue weighted by Crippen LogP contribution is -2.31. The normalized spacial score (nSPS) is 16.5. The van der Waals surface area contributed by atoms with Crippen molar-refractivity contribution in [1.29, 1.82) is 0 Å². The second-order valence-electron chi connectivity index (χ2n) is 5.55. The fraction of sp³-hybridized carbons (Fsp3) is 1.00. The molecule has 0 bridgehead atoms. The highest BCUT2D eigenvalue weighted by Crippen LogP contribution is 2.22. The van der Waals surface area contributed by atoms with E-state index in [9.17, 15) is 10.2 Å². The van der Waals surface area contributed by atoms with E-state index in [1.54, 1.807) is 0 Å². The molecule has 110 valence electrons. The van der Waals surface area contributed by atoms with Gasteiger partial charge in [-0.3, -0.25) is 0 Å². The molecule has 0 fully saturated rings. The molecule has 0 aliphatic carbocycles. The fourth-order valence-corrected chi connectivity index (χ4v) is 2.60. The monoisotopic (exact) mass is 258 g/mol. The molecule has 18 heavy (non-hydrogen) atoms. The van der Waals surface area contributed by atoms with Crippen LogP contribution in [-0.4, -0.2) is 22.4 Å². The Morgan fingerprint density at radius 2 is 1.17 bits per heavy atom. The van der Waals surface area contributed by atoms with Crippen LogP contribution in [0.5, 0.6) is 0 Å². The van der Waals surface area contributed by atoms with Crippen molar-refractivity contribution in [3.63, 3.8) is 0 Å². The summed E-state index contributed by atoms with van der Waals surface area (Å²) in [6.45, 7) is 6.42. The van der Waals surface area contributed by atoms with Gasteiger partial charge in [0, 0.05) is 5.92 Å². The Hall–Kier alpha value is -0.0800. The van der Waals surface area contributed by atoms with Crippen LogP contribution in [0.3, 0.4) is 0 Å². The van der Waals surface area contributed by atoms with E-state index >= 15 is 0 Å². The molecule has 3 atom stereocenters. The molecule has 0 radical (unpaired) electrons. The summed E-state index contributed by atoms with van der Waals surface area (Å²) < 4.78 is 0. The van der Waals surface area contributed by atoms with Crippen molar-refractivity contribution >= 4 is 0 Å². The average Bonchev–Trinajstić information content (AvgIpc) is 2.37. The number of aliphatic hydroxyl groups is 2. The van der Waals surface area contributed by atoms with Crippen LogP contribution in [0.25, 0.3) is 0 Å². The predicted octanol–water partition coefficient (Wildman–Crippen LogP) is 4.29. The molecule has 2 heteroatoms. The lowest BCUT2D eigenvalue weighted by Gasteiger charge is -2.26. The van der Waals surface area contributed by atoms with E-state index in [-0.39, 0.29) is 18.1 Å². The molecular weight excluding hydrogens is 224 g/mol. The van der Waals surface area contributed by atoms with E-state index in [4.69, 9.17) is 0 Å². The van der Waals surface area contributed by atoms with E-state index in [2.05, 4.69) is 20.8 Å². The first-order valence-corrected chi connectivity index (χ1v) is 8.03. The van der Waals surface area contributed by atoms with E-state index in [0.29, 0.717) is 0 Å². The lowest BCUT2D eigenvalue weighted by atomic mass is 9.87. The Kier molecular flexibility index (Phi) is 11.9. The maximum absolute atomic E-state index is 10.2. The Labute approximate surface area is 114 Å². The molecule has 0 aromatic rings. The van der Waals surface area contributed by atoms with Crippen LogP contribution >= 0.6 is 0 Å². The summed E-state index contributed by atoms with van der Waals surface area (Å²) >= 11 is 0. The zero-order valence-electron chi connectivity index (χ0n) is 12.7. The molecule has 0 spiro atoms. The lowest BCUT2D eigenvalue weighted by molar-refractivity contribution is 0.000502. The highest BCUT2D eigenvalue weighted by atomic mass is 16.3. The molecule has 0 aliphatic rings. The summed E-state index contributed by atoms with van der Waals surface area (Å²) in [6, 6.07) is 0. The van der Waals surface area contributed by atoms with Crippen molar-refractivity contribution in [3.05, 3.63) is 0 Å². The molecule has 0 saturated heterocycles. The van der Waals surface area contributed by atoms with Crippen LogP contribution in [0.2, 0.25) is 0 Å². The van der Waals surface area contributed by atoms with Gasteiger partial charge in [-0.15, -0.1) is 0 Å². The number of rotatable bonds is 12. The van der Waals surface area contributed by atoms with E-state index < -0.39 is 0 Å². The zero-order chi connectivity index (χ0) is 13.8. The van der Waals surface area contributed by atoms with Gasteiger partial charge in [0.1, 0.15) is 0 Å². The molecule has 2 N–H and O–H groups in total. The Morgan fingerprint density at radius 1 is 0.667 bits per heavy atom. The zero-order valence-corrected chi connectivity index (χ0v) is 12.7. The summed E-state index contributed by atoms with van der Waals surface area (Å²) in [7, 11) is 0. The van der Waals surface area contributed by atoms with Crippen LogP contribution < -0.4 is 0 Å². The van der Waals surface area contributed by atoms with Crippen molar-refractivity contribution in [1.82, 2.24) is 0 Å². The van der Waals surface area contributed by atoms with Gasteiger partial charge in [-0.1, -0.05) is 65.7 Å². The smallest absolute Gasteiger partial charge is 0.0593 e. The summed E-state index contributed by atoms with van der Waals surface area (Å²) in [5.41, 5.74) is 0. The van der Waals surface area contributed by atoms with E-state index in [1.807, 2.05) is 0 Å². The topological polar surface area (TPSA) is 40.5 Å². The first kappa shape index (κ1) is 17.9. The highest BCUT2D eigenvalue weighted by molar-refractivity contribution is 4.75. The fourth-order valence-electron chi connectivity index (χ4n) is 2.60. The van der Waals surface area contributed by atoms with Crippen molar-refractivity contribution in [2.45, 2.75) is 97.2 Å². The Morgan fingerprint density at radius 3 is 1.67 bits per heavy atom. The largest absolute Gasteiger partial charge is 0.393 e. The second-order valence-corrected chi connectivity index (χ2v) is 5.55. The third kappa shape index (κ3) is 8.10. The van der Waals surface area contributed by atoms with Gasteiger partial charge >= 0.3 is 0 Å². The molecule has 0 aromatic carbocycles. The molecule has 2 nitrogen and oxygen atoms in total. The molecule has 0 saturated carbocycles. The number of hydrogen-bond acceptors (Lipinski definition) is 2. The first-order valence-electron chi connectivity index (χ1n) is 8.03. The predicted molar refractivity (Wildman–Crippen MR) is 78.7 cm³/mol. The molecular formula is C16H34O2. The maximum atomic E-state index is 10.2. The van der Waals surface area contributed by atoms with Gasteiger partial charge < -0.3 is 10.2 Å². The summed E-state index contributed by atoms with van der Waals surface area (Å²) in [5, 5.41) is 20.3. The molecule has 0 aromatic heterocycles. The van der Waals surface area contributed by atoms with Crippen molar-refractivity contribution in [2.24, 2.45) is 5.92 Å². The summed E-state index contributed by atoms with van der Waals surface area (Å²) in [4.78, 5) is 0. The van der Waals surface area contributed by atoms with Crippen molar-refractivity contribution < 1.29 is 10.2 Å². The van der Waals surface area contributed by atoms with Gasteiger partial charge in [-0.05, 0) is 19.3 Å². The van der Waals surface area contributed by atoms with Gasteiger partial charge in [-0.2, -0.15) is 0 Å². The van der Waals surface area contributed by atoms with Crippen LogP contribution in [0, 0.1) is 5.92 Å². The molecule has 0 rings (SSSR count). The van der Waals surface area contributed by atoms with Crippen LogP contribution in [0.4, 0.5) is 0 Å². The average molecular weight is 258 g/mol. The molecule has 3 unspecified atom stereocenters. The Balaban J connectivity index is 3.83. The summed E-state index contributed by atoms with van der Waals surface area (Å²) in [5.74, 6) is 0.0720. The Bertz CT molecular complexity index is 170. The third-order valence-electron chi connectivity index (χ3n) is 3.92. The van der Waals surface area contributed by atoms with Crippen molar-refractivity contribution in [2.75, 3.05) is 0 Å². The van der Waals surface area contributed by atoms with Gasteiger partial charge in [0.2, 0.25) is 0 Å². The molecule has 0 aliphatic heterocycles. The third-order valence-corrected chi connectivity index (χ3v) is 3.92. The van der Waals surface area contributed by atoms with Crippen LogP contribution in [-0.2, 0) is 0 Å². The van der Waals surface area contributed by atoms with Gasteiger partial charge in [0.15, 0.2) is 0 Å². The number of aliphatic hydroxyl groups excluding tert-OH is 2. The minimum Gasteiger partial charge on any atom is -0.393 e. The molecule has 0 heterocycles. The number of unbranched alkanes of at least 4 members (excludes halogenated alkanes) is 5. The van der Waals surface area contributed by atoms with Gasteiger partial charge in [0.25, 0.3) is 0 Å². The SMILES string of the molecule is CCCCCCCC(O)C(CC)C(O)CCCC. The highest BCUT2D eigenvalue weighted by Gasteiger charge is 2.24. The minimum absolute atomic E-state index is 0.0720. The standard InChI is InChI=1S/C16H34O2/c1-4-7-9-10-11-13-16(18)14(6-3)15(17)12-8-5-2/h14-18H,4-13H2,1-3H3. The van der Waals surface area contributed by atoms with Crippen LogP contribution in [0.15, 0.2) is 0 Å². The minimum atomic E-state index is -0.319. The van der Waals surface area contributed by atoms with Crippen molar-refractivity contribution in [3.8, 4) is 0 Å². The van der Waals surface area contributed by atoms with Gasteiger partial charge in [0.05, 0.1) is 12.2 Å². The summed E-state index contributed by atoms with van der Waals surface area (Å²) in [6.07, 6.45) is 10.2. The van der Waals surface area contributed by atoms with E-state index in [1.165, 1.54) is 25.7 Å². The number of hydrogen-bond donors (Lipinski definition) is 2. The first-order chi connectivity index (χ1) is 8.67. The van der Waals surface area contributed by atoms with Crippen LogP contribution in [0.1, 0.15) is 85.0 Å². The van der Waals surface area contributed by atoms with E-state index in [0.717, 1.165) is 38.5 Å². The molecule has 0 amide bonds. The maximum Gasteiger partial charge on any atom is 0.0593 e. The second kappa shape index (κ2) is 12.0. The van der Waals surface area contributed by atoms with Gasteiger partial charge in [-0.25, -0.2) is 0 Å². The quantitative estimate of drug-likeness (QED) is 0.513.